The first-order valence-electron chi connectivity index (χ1n) is 11.0. The maximum Gasteiger partial charge on any atom is 0.232 e. The molecule has 0 radical (unpaired) electrons. The molecule has 3 nitrogen and oxygen atoms in total. The number of nitrogen functional groups attached to an aromatic ring is 1. The second-order valence-electron chi connectivity index (χ2n) is 8.14. The van der Waals surface area contributed by atoms with E-state index in [0.29, 0.717) is 0 Å². The second-order valence-corrected chi connectivity index (χ2v) is 8.14. The van der Waals surface area contributed by atoms with Crippen LogP contribution in [0.3, 0.4) is 0 Å². The quantitative estimate of drug-likeness (QED) is 0.390. The van der Waals surface area contributed by atoms with Crippen molar-refractivity contribution in [1.82, 2.24) is 5.32 Å². The first kappa shape index (κ1) is 20.2. The average Bonchev–Trinajstić information content (AvgIpc) is 3.11. The van der Waals surface area contributed by atoms with Gasteiger partial charge in [-0.3, -0.25) is 4.79 Å². The summed E-state index contributed by atoms with van der Waals surface area (Å²) in [5, 5.41) is 3.13. The van der Waals surface area contributed by atoms with Crippen LogP contribution in [0.5, 0.6) is 0 Å². The third kappa shape index (κ3) is 4.11. The fourth-order valence-electron chi connectivity index (χ4n) is 4.51. The number of amides is 1. The zero-order valence-corrected chi connectivity index (χ0v) is 17.7. The number of hydrogen-bond acceptors (Lipinski definition) is 2. The molecule has 1 unspecified atom stereocenters. The third-order valence-electron chi connectivity index (χ3n) is 6.00. The van der Waals surface area contributed by atoms with Crippen LogP contribution in [-0.2, 0) is 17.6 Å². The molecule has 1 amide bonds. The molecule has 0 saturated heterocycles. The molecule has 3 heteroatoms. The van der Waals surface area contributed by atoms with E-state index >= 15 is 0 Å². The number of unbranched alkanes of at least 4 members (excludes halogenated alkanes) is 1. The predicted octanol–water partition coefficient (Wildman–Crippen LogP) is 5.47. The van der Waals surface area contributed by atoms with Crippen LogP contribution < -0.4 is 11.1 Å². The number of nitrogens with one attached hydrogen (secondary N) is 1. The molecule has 0 spiro atoms. The lowest BCUT2D eigenvalue weighted by molar-refractivity contribution is -0.121. The zero-order chi connectivity index (χ0) is 20.9. The minimum Gasteiger partial charge on any atom is -0.399 e. The third-order valence-corrected chi connectivity index (χ3v) is 6.00. The SMILES string of the molecule is CCCNC(=O)C1c2ccccc2-c2cccc(CCCCc3ccc(N)cc3)c21. The van der Waals surface area contributed by atoms with E-state index in [0.717, 1.165) is 49.9 Å². The largest absolute Gasteiger partial charge is 0.399 e. The molecule has 0 aliphatic heterocycles. The van der Waals surface area contributed by atoms with Gasteiger partial charge in [0.15, 0.2) is 0 Å². The highest BCUT2D eigenvalue weighted by Gasteiger charge is 2.35. The molecule has 1 aliphatic carbocycles. The zero-order valence-electron chi connectivity index (χ0n) is 17.7. The summed E-state index contributed by atoms with van der Waals surface area (Å²) in [6, 6.07) is 23.0. The van der Waals surface area contributed by atoms with Crippen molar-refractivity contribution in [3.63, 3.8) is 0 Å². The molecule has 3 N–H and O–H groups in total. The summed E-state index contributed by atoms with van der Waals surface area (Å²) in [6.45, 7) is 2.81. The minimum absolute atomic E-state index is 0.123. The average molecular weight is 399 g/mol. The molecule has 154 valence electrons. The molecule has 3 aromatic rings. The number of benzene rings is 3. The van der Waals surface area contributed by atoms with Gasteiger partial charge < -0.3 is 11.1 Å². The summed E-state index contributed by atoms with van der Waals surface area (Å²) in [4.78, 5) is 13.1. The minimum atomic E-state index is -0.198. The highest BCUT2D eigenvalue weighted by atomic mass is 16.1. The van der Waals surface area contributed by atoms with Crippen molar-refractivity contribution >= 4 is 11.6 Å². The fraction of sp³-hybridized carbons (Fsp3) is 0.296. The maximum absolute atomic E-state index is 13.1. The molecule has 0 saturated carbocycles. The molecule has 0 aromatic heterocycles. The van der Waals surface area contributed by atoms with Crippen LogP contribution in [0.4, 0.5) is 5.69 Å². The second kappa shape index (κ2) is 9.17. The Morgan fingerprint density at radius 1 is 0.900 bits per heavy atom. The number of nitrogens with two attached hydrogens (primary N) is 1. The first-order chi connectivity index (χ1) is 14.7. The molecule has 1 atom stereocenters. The van der Waals surface area contributed by atoms with Crippen molar-refractivity contribution in [3.05, 3.63) is 89.0 Å². The van der Waals surface area contributed by atoms with Crippen molar-refractivity contribution < 1.29 is 4.79 Å². The van der Waals surface area contributed by atoms with Gasteiger partial charge in [0.25, 0.3) is 0 Å². The molecule has 1 aliphatic rings. The highest BCUT2D eigenvalue weighted by molar-refractivity contribution is 5.96. The number of hydrogen-bond donors (Lipinski definition) is 2. The van der Waals surface area contributed by atoms with Crippen molar-refractivity contribution in [2.75, 3.05) is 12.3 Å². The van der Waals surface area contributed by atoms with Gasteiger partial charge in [-0.2, -0.15) is 0 Å². The van der Waals surface area contributed by atoms with E-state index in [1.807, 2.05) is 18.2 Å². The first-order valence-corrected chi connectivity index (χ1v) is 11.0. The van der Waals surface area contributed by atoms with E-state index in [2.05, 4.69) is 60.8 Å². The Hall–Kier alpha value is -3.07. The van der Waals surface area contributed by atoms with E-state index in [4.69, 9.17) is 5.73 Å². The number of fused-ring (bicyclic) bond motifs is 3. The molecule has 4 rings (SSSR count). The lowest BCUT2D eigenvalue weighted by Crippen LogP contribution is -2.30. The number of carbonyl (C=O) groups excluding carboxylic acids is 1. The van der Waals surface area contributed by atoms with Crippen LogP contribution in [0.2, 0.25) is 0 Å². The van der Waals surface area contributed by atoms with E-state index in [1.54, 1.807) is 0 Å². The van der Waals surface area contributed by atoms with Crippen molar-refractivity contribution in [3.8, 4) is 11.1 Å². The van der Waals surface area contributed by atoms with Crippen molar-refractivity contribution in [2.24, 2.45) is 0 Å². The molecular weight excluding hydrogens is 368 g/mol. The number of anilines is 1. The van der Waals surface area contributed by atoms with E-state index in [9.17, 15) is 4.79 Å². The summed E-state index contributed by atoms with van der Waals surface area (Å²) < 4.78 is 0. The van der Waals surface area contributed by atoms with Gasteiger partial charge in [0.2, 0.25) is 5.91 Å². The standard InChI is InChI=1S/C27H30N2O/c1-2-18-29-27(30)26-24-12-6-5-11-22(24)23-13-7-10-20(25(23)26)9-4-3-8-19-14-16-21(28)17-15-19/h5-7,10-17,26H,2-4,8-9,18,28H2,1H3,(H,29,30). The summed E-state index contributed by atoms with van der Waals surface area (Å²) in [5.41, 5.74) is 14.0. The molecule has 0 bridgehead atoms. The van der Waals surface area contributed by atoms with Crippen LogP contribution in [0.1, 0.15) is 54.4 Å². The van der Waals surface area contributed by atoms with E-state index in [1.165, 1.54) is 27.8 Å². The van der Waals surface area contributed by atoms with E-state index in [-0.39, 0.29) is 11.8 Å². The van der Waals surface area contributed by atoms with Gasteiger partial charge in [-0.1, -0.05) is 61.5 Å². The van der Waals surface area contributed by atoms with Gasteiger partial charge in [-0.05, 0) is 77.6 Å². The van der Waals surface area contributed by atoms with Crippen molar-refractivity contribution in [2.45, 2.75) is 44.9 Å². The van der Waals surface area contributed by atoms with E-state index < -0.39 is 0 Å². The Kier molecular flexibility index (Phi) is 6.18. The Labute approximate surface area is 179 Å². The Bertz CT molecular complexity index is 1020. The normalized spacial score (nSPS) is 14.2. The number of rotatable bonds is 8. The summed E-state index contributed by atoms with van der Waals surface area (Å²) in [6.07, 6.45) is 5.20. The Morgan fingerprint density at radius 3 is 2.43 bits per heavy atom. The van der Waals surface area contributed by atoms with Gasteiger partial charge in [-0.15, -0.1) is 0 Å². The van der Waals surface area contributed by atoms with Gasteiger partial charge in [-0.25, -0.2) is 0 Å². The Balaban J connectivity index is 1.53. The van der Waals surface area contributed by atoms with Crippen molar-refractivity contribution in [1.29, 1.82) is 0 Å². The Morgan fingerprint density at radius 2 is 1.63 bits per heavy atom. The van der Waals surface area contributed by atoms with Gasteiger partial charge in [0.05, 0.1) is 5.92 Å². The molecule has 0 fully saturated rings. The van der Waals surface area contributed by atoms with Crippen LogP contribution in [0.15, 0.2) is 66.7 Å². The summed E-state index contributed by atoms with van der Waals surface area (Å²) in [7, 11) is 0. The highest BCUT2D eigenvalue weighted by Crippen LogP contribution is 2.46. The number of carbonyl (C=O) groups is 1. The predicted molar refractivity (Wildman–Crippen MR) is 125 cm³/mol. The molecule has 0 heterocycles. The maximum atomic E-state index is 13.1. The monoisotopic (exact) mass is 398 g/mol. The summed E-state index contributed by atoms with van der Waals surface area (Å²) >= 11 is 0. The molecular formula is C27H30N2O. The van der Waals surface area contributed by atoms with Gasteiger partial charge >= 0.3 is 0 Å². The van der Waals surface area contributed by atoms with Crippen LogP contribution in [-0.4, -0.2) is 12.5 Å². The molecule has 30 heavy (non-hydrogen) atoms. The lowest BCUT2D eigenvalue weighted by Gasteiger charge is -2.17. The lowest BCUT2D eigenvalue weighted by atomic mass is 9.89. The van der Waals surface area contributed by atoms with Gasteiger partial charge in [0.1, 0.15) is 0 Å². The van der Waals surface area contributed by atoms with Crippen LogP contribution in [0.25, 0.3) is 11.1 Å². The fourth-order valence-corrected chi connectivity index (χ4v) is 4.51. The number of aryl methyl sites for hydroxylation is 2. The van der Waals surface area contributed by atoms with Crippen LogP contribution in [0, 0.1) is 0 Å². The summed E-state index contributed by atoms with van der Waals surface area (Å²) in [5.74, 6) is -0.0755. The van der Waals surface area contributed by atoms with Crippen LogP contribution >= 0.6 is 0 Å². The smallest absolute Gasteiger partial charge is 0.232 e. The van der Waals surface area contributed by atoms with Gasteiger partial charge in [0, 0.05) is 12.2 Å². The molecule has 3 aromatic carbocycles. The topological polar surface area (TPSA) is 55.1 Å².